The van der Waals surface area contributed by atoms with Crippen LogP contribution in [0.1, 0.15) is 28.9 Å². The SMILES string of the molecule is COc1ccc(C(C)NC(=O)c2cc3cccc(Cl)c3oc2=O)cc1. The molecule has 1 aromatic heterocycles. The van der Waals surface area contributed by atoms with Gasteiger partial charge in [0.1, 0.15) is 11.3 Å². The molecule has 0 saturated carbocycles. The number of rotatable bonds is 4. The van der Waals surface area contributed by atoms with E-state index >= 15 is 0 Å². The van der Waals surface area contributed by atoms with Gasteiger partial charge in [-0.25, -0.2) is 4.79 Å². The van der Waals surface area contributed by atoms with Crippen LogP contribution in [0.5, 0.6) is 5.75 Å². The number of fused-ring (bicyclic) bond motifs is 1. The van der Waals surface area contributed by atoms with Crippen LogP contribution in [0.25, 0.3) is 11.0 Å². The quantitative estimate of drug-likeness (QED) is 0.718. The van der Waals surface area contributed by atoms with Crippen LogP contribution in [0.2, 0.25) is 5.02 Å². The Labute approximate surface area is 149 Å². The molecule has 2 aromatic carbocycles. The minimum Gasteiger partial charge on any atom is -0.497 e. The van der Waals surface area contributed by atoms with Gasteiger partial charge in [-0.15, -0.1) is 0 Å². The highest BCUT2D eigenvalue weighted by molar-refractivity contribution is 6.34. The monoisotopic (exact) mass is 357 g/mol. The van der Waals surface area contributed by atoms with Gasteiger partial charge < -0.3 is 14.5 Å². The van der Waals surface area contributed by atoms with E-state index in [9.17, 15) is 9.59 Å². The van der Waals surface area contributed by atoms with Crippen molar-refractivity contribution >= 4 is 28.5 Å². The van der Waals surface area contributed by atoms with Gasteiger partial charge in [-0.05, 0) is 36.8 Å². The van der Waals surface area contributed by atoms with Crippen LogP contribution < -0.4 is 15.7 Å². The highest BCUT2D eigenvalue weighted by Crippen LogP contribution is 2.23. The third-order valence-electron chi connectivity index (χ3n) is 3.92. The summed E-state index contributed by atoms with van der Waals surface area (Å²) >= 11 is 6.01. The van der Waals surface area contributed by atoms with Crippen molar-refractivity contribution in [2.75, 3.05) is 7.11 Å². The van der Waals surface area contributed by atoms with Crippen LogP contribution >= 0.6 is 11.6 Å². The molecule has 5 nitrogen and oxygen atoms in total. The summed E-state index contributed by atoms with van der Waals surface area (Å²) in [4.78, 5) is 24.6. The van der Waals surface area contributed by atoms with Gasteiger partial charge in [0.15, 0.2) is 5.58 Å². The molecule has 1 heterocycles. The van der Waals surface area contributed by atoms with Gasteiger partial charge in [0, 0.05) is 5.39 Å². The van der Waals surface area contributed by atoms with Crippen molar-refractivity contribution in [2.24, 2.45) is 0 Å². The number of nitrogens with one attached hydrogen (secondary N) is 1. The van der Waals surface area contributed by atoms with Crippen molar-refractivity contribution in [3.63, 3.8) is 0 Å². The van der Waals surface area contributed by atoms with Gasteiger partial charge in [0.05, 0.1) is 18.2 Å². The first kappa shape index (κ1) is 17.0. The molecule has 1 unspecified atom stereocenters. The van der Waals surface area contributed by atoms with E-state index in [2.05, 4.69) is 5.32 Å². The molecule has 1 N–H and O–H groups in total. The van der Waals surface area contributed by atoms with Crippen LogP contribution in [-0.2, 0) is 0 Å². The maximum atomic E-state index is 12.5. The topological polar surface area (TPSA) is 68.5 Å². The number of methoxy groups -OCH3 is 1. The van der Waals surface area contributed by atoms with Crippen molar-refractivity contribution in [3.05, 3.63) is 75.1 Å². The number of carbonyl (C=O) groups is 1. The molecular formula is C19H16ClNO4. The van der Waals surface area contributed by atoms with E-state index in [1.54, 1.807) is 25.3 Å². The third-order valence-corrected chi connectivity index (χ3v) is 4.22. The lowest BCUT2D eigenvalue weighted by molar-refractivity contribution is 0.0936. The molecule has 0 saturated heterocycles. The fraction of sp³-hybridized carbons (Fsp3) is 0.158. The molecule has 0 fully saturated rings. The lowest BCUT2D eigenvalue weighted by Gasteiger charge is -2.14. The minimum atomic E-state index is -0.722. The number of para-hydroxylation sites is 1. The maximum absolute atomic E-state index is 12.5. The number of halogens is 1. The average Bonchev–Trinajstić information content (AvgIpc) is 2.62. The van der Waals surface area contributed by atoms with Crippen LogP contribution in [0.4, 0.5) is 0 Å². The maximum Gasteiger partial charge on any atom is 0.349 e. The smallest absolute Gasteiger partial charge is 0.349 e. The fourth-order valence-electron chi connectivity index (χ4n) is 2.52. The van der Waals surface area contributed by atoms with E-state index in [4.69, 9.17) is 20.8 Å². The molecule has 0 radical (unpaired) electrons. The lowest BCUT2D eigenvalue weighted by atomic mass is 10.1. The first-order valence-electron chi connectivity index (χ1n) is 7.67. The molecule has 0 spiro atoms. The summed E-state index contributed by atoms with van der Waals surface area (Å²) in [6, 6.07) is 13.6. The third kappa shape index (κ3) is 3.51. The van der Waals surface area contributed by atoms with E-state index in [1.165, 1.54) is 6.07 Å². The van der Waals surface area contributed by atoms with E-state index in [0.717, 1.165) is 11.3 Å². The van der Waals surface area contributed by atoms with Crippen molar-refractivity contribution < 1.29 is 13.9 Å². The van der Waals surface area contributed by atoms with Gasteiger partial charge in [-0.1, -0.05) is 35.9 Å². The Bertz CT molecular complexity index is 979. The number of hydrogen-bond acceptors (Lipinski definition) is 4. The van der Waals surface area contributed by atoms with Crippen molar-refractivity contribution in [1.29, 1.82) is 0 Å². The van der Waals surface area contributed by atoms with Crippen LogP contribution in [0.3, 0.4) is 0 Å². The van der Waals surface area contributed by atoms with E-state index in [0.29, 0.717) is 10.4 Å². The van der Waals surface area contributed by atoms with E-state index in [-0.39, 0.29) is 17.2 Å². The van der Waals surface area contributed by atoms with Gasteiger partial charge in [-0.2, -0.15) is 0 Å². The first-order valence-corrected chi connectivity index (χ1v) is 8.04. The zero-order valence-electron chi connectivity index (χ0n) is 13.7. The number of carbonyl (C=O) groups excluding carboxylic acids is 1. The predicted octanol–water partition coefficient (Wildman–Crippen LogP) is 3.95. The summed E-state index contributed by atoms with van der Waals surface area (Å²) < 4.78 is 10.3. The van der Waals surface area contributed by atoms with Crippen LogP contribution in [-0.4, -0.2) is 13.0 Å². The second kappa shape index (κ2) is 6.99. The molecular weight excluding hydrogens is 342 g/mol. The van der Waals surface area contributed by atoms with E-state index < -0.39 is 11.5 Å². The van der Waals surface area contributed by atoms with Crippen molar-refractivity contribution in [2.45, 2.75) is 13.0 Å². The molecule has 1 amide bonds. The zero-order valence-corrected chi connectivity index (χ0v) is 14.5. The Hall–Kier alpha value is -2.79. The summed E-state index contributed by atoms with van der Waals surface area (Å²) in [5, 5.41) is 3.72. The molecule has 128 valence electrons. The average molecular weight is 358 g/mol. The second-order valence-corrected chi connectivity index (χ2v) is 5.98. The first-order chi connectivity index (χ1) is 12.0. The minimum absolute atomic E-state index is 0.0601. The molecule has 0 bridgehead atoms. The molecule has 0 aliphatic carbocycles. The van der Waals surface area contributed by atoms with Gasteiger partial charge >= 0.3 is 5.63 Å². The summed E-state index contributed by atoms with van der Waals surface area (Å²) in [6.45, 7) is 1.83. The summed E-state index contributed by atoms with van der Waals surface area (Å²) in [6.07, 6.45) is 0. The zero-order chi connectivity index (χ0) is 18.0. The molecule has 1 atom stereocenters. The van der Waals surface area contributed by atoms with Crippen LogP contribution in [0, 0.1) is 0 Å². The summed E-state index contributed by atoms with van der Waals surface area (Å²) in [5.74, 6) is 0.230. The van der Waals surface area contributed by atoms with Crippen LogP contribution in [0.15, 0.2) is 57.7 Å². The number of benzene rings is 2. The van der Waals surface area contributed by atoms with Gasteiger partial charge in [0.2, 0.25) is 0 Å². The highest BCUT2D eigenvalue weighted by Gasteiger charge is 2.17. The summed E-state index contributed by atoms with van der Waals surface area (Å²) in [7, 11) is 1.59. The molecule has 3 aromatic rings. The highest BCUT2D eigenvalue weighted by atomic mass is 35.5. The fourth-order valence-corrected chi connectivity index (χ4v) is 2.74. The molecule has 0 aliphatic heterocycles. The number of amides is 1. The Morgan fingerprint density at radius 1 is 1.20 bits per heavy atom. The van der Waals surface area contributed by atoms with Crippen molar-refractivity contribution in [3.8, 4) is 5.75 Å². The molecule has 3 rings (SSSR count). The Morgan fingerprint density at radius 2 is 1.92 bits per heavy atom. The number of ether oxygens (including phenoxy) is 1. The van der Waals surface area contributed by atoms with Crippen molar-refractivity contribution in [1.82, 2.24) is 5.32 Å². The largest absolute Gasteiger partial charge is 0.497 e. The standard InChI is InChI=1S/C19H16ClNO4/c1-11(12-6-8-14(24-2)9-7-12)21-18(22)15-10-13-4-3-5-16(20)17(13)25-19(15)23/h3-11H,1-2H3,(H,21,22). The number of hydrogen-bond donors (Lipinski definition) is 1. The Morgan fingerprint density at radius 3 is 2.60 bits per heavy atom. The summed E-state index contributed by atoms with van der Waals surface area (Å²) in [5.41, 5.74) is 0.381. The lowest BCUT2D eigenvalue weighted by Crippen LogP contribution is -2.30. The molecule has 25 heavy (non-hydrogen) atoms. The van der Waals surface area contributed by atoms with Gasteiger partial charge in [0.25, 0.3) is 5.91 Å². The van der Waals surface area contributed by atoms with E-state index in [1.807, 2.05) is 31.2 Å². The predicted molar refractivity (Wildman–Crippen MR) is 96.4 cm³/mol. The van der Waals surface area contributed by atoms with Gasteiger partial charge in [-0.3, -0.25) is 4.79 Å². The molecule has 6 heteroatoms. The Balaban J connectivity index is 1.86. The normalized spacial score (nSPS) is 12.0. The Kier molecular flexibility index (Phi) is 4.76. The molecule has 0 aliphatic rings. The second-order valence-electron chi connectivity index (χ2n) is 5.57.